The van der Waals surface area contributed by atoms with Crippen molar-refractivity contribution in [1.29, 1.82) is 0 Å². The van der Waals surface area contributed by atoms with Gasteiger partial charge in [0.15, 0.2) is 6.61 Å². The number of hydrogen-bond donors (Lipinski definition) is 1. The van der Waals surface area contributed by atoms with Gasteiger partial charge in [-0.1, -0.05) is 66.8 Å². The van der Waals surface area contributed by atoms with Crippen LogP contribution in [0.4, 0.5) is 0 Å². The Hall–Kier alpha value is -3.34. The van der Waals surface area contributed by atoms with E-state index in [1.54, 1.807) is 0 Å². The number of piperidine rings is 1. The summed E-state index contributed by atoms with van der Waals surface area (Å²) in [6, 6.07) is 19.3. The molecule has 0 spiro atoms. The number of likely N-dealkylation sites (tertiary alicyclic amines) is 1. The third-order valence-electron chi connectivity index (χ3n) is 6.36. The minimum Gasteiger partial charge on any atom is -0.484 e. The molecule has 2 aromatic carbocycles. The van der Waals surface area contributed by atoms with Crippen LogP contribution in [-0.4, -0.2) is 43.0 Å². The molecule has 0 atom stereocenters. The van der Waals surface area contributed by atoms with Gasteiger partial charge in [0.2, 0.25) is 5.91 Å². The highest BCUT2D eigenvalue weighted by atomic mass is 16.5. The van der Waals surface area contributed by atoms with Crippen LogP contribution in [-0.2, 0) is 15.0 Å². The van der Waals surface area contributed by atoms with Crippen molar-refractivity contribution in [2.45, 2.75) is 31.1 Å². The minimum atomic E-state index is -0.628. The van der Waals surface area contributed by atoms with Gasteiger partial charge in [-0.2, -0.15) is 0 Å². The number of carbonyl (C=O) groups excluding carboxylic acids is 2. The molecule has 2 aliphatic rings. The molecule has 1 N–H and O–H groups in total. The SMILES string of the molecule is O=C(COc1ccccc1)N1CCC(C(=O)NCC2=CCCC=C2)(c2ccccc2)CC1.[HH]. The van der Waals surface area contributed by atoms with Crippen LogP contribution in [0.1, 0.15) is 32.7 Å². The molecule has 1 aliphatic heterocycles. The number of benzene rings is 2. The highest BCUT2D eigenvalue weighted by molar-refractivity contribution is 5.89. The van der Waals surface area contributed by atoms with Crippen LogP contribution in [0.3, 0.4) is 0 Å². The maximum Gasteiger partial charge on any atom is 0.260 e. The molecule has 1 aliphatic carbocycles. The van der Waals surface area contributed by atoms with Gasteiger partial charge in [-0.05, 0) is 49.0 Å². The highest BCUT2D eigenvalue weighted by Gasteiger charge is 2.43. The van der Waals surface area contributed by atoms with Crippen molar-refractivity contribution in [2.24, 2.45) is 0 Å². The van der Waals surface area contributed by atoms with Crippen molar-refractivity contribution < 1.29 is 15.8 Å². The second kappa shape index (κ2) is 10.3. The summed E-state index contributed by atoms with van der Waals surface area (Å²) in [4.78, 5) is 28.0. The molecule has 0 radical (unpaired) electrons. The predicted molar refractivity (Wildman–Crippen MR) is 127 cm³/mol. The zero-order valence-electron chi connectivity index (χ0n) is 18.3. The van der Waals surface area contributed by atoms with Crippen LogP contribution >= 0.6 is 0 Å². The van der Waals surface area contributed by atoms with E-state index in [1.165, 1.54) is 0 Å². The molecule has 32 heavy (non-hydrogen) atoms. The Labute approximate surface area is 191 Å². The molecule has 0 bridgehead atoms. The Morgan fingerprint density at radius 3 is 2.31 bits per heavy atom. The number of amides is 2. The summed E-state index contributed by atoms with van der Waals surface area (Å²) in [5.74, 6) is 0.673. The average molecular weight is 433 g/mol. The van der Waals surface area contributed by atoms with Crippen LogP contribution < -0.4 is 10.1 Å². The second-order valence-electron chi connectivity index (χ2n) is 8.37. The summed E-state index contributed by atoms with van der Waals surface area (Å²) >= 11 is 0. The second-order valence-corrected chi connectivity index (χ2v) is 8.37. The summed E-state index contributed by atoms with van der Waals surface area (Å²) < 4.78 is 5.63. The minimum absolute atomic E-state index is 0. The van der Waals surface area contributed by atoms with E-state index in [-0.39, 0.29) is 19.8 Å². The van der Waals surface area contributed by atoms with Crippen LogP contribution in [0.15, 0.2) is 84.5 Å². The van der Waals surface area contributed by atoms with Gasteiger partial charge in [-0.25, -0.2) is 0 Å². The van der Waals surface area contributed by atoms with E-state index in [0.29, 0.717) is 38.2 Å². The van der Waals surface area contributed by atoms with Gasteiger partial charge in [0, 0.05) is 21.1 Å². The first kappa shape index (κ1) is 21.9. The summed E-state index contributed by atoms with van der Waals surface area (Å²) in [7, 11) is 0. The monoisotopic (exact) mass is 432 g/mol. The molecule has 5 heteroatoms. The number of para-hydroxylation sites is 1. The third kappa shape index (κ3) is 5.10. The van der Waals surface area contributed by atoms with Crippen molar-refractivity contribution in [2.75, 3.05) is 26.2 Å². The lowest BCUT2D eigenvalue weighted by Gasteiger charge is -2.41. The fraction of sp³-hybridized carbons (Fsp3) is 0.333. The molecule has 5 nitrogen and oxygen atoms in total. The normalized spacial score (nSPS) is 17.4. The molecule has 1 saturated heterocycles. The van der Waals surface area contributed by atoms with Gasteiger partial charge < -0.3 is 15.0 Å². The lowest BCUT2D eigenvalue weighted by Crippen LogP contribution is -2.53. The number of rotatable bonds is 7. The highest BCUT2D eigenvalue weighted by Crippen LogP contribution is 2.36. The maximum atomic E-state index is 13.5. The number of ether oxygens (including phenoxy) is 1. The molecule has 2 aromatic rings. The van der Waals surface area contributed by atoms with E-state index in [1.807, 2.05) is 65.6 Å². The quantitative estimate of drug-likeness (QED) is 0.711. The molecular formula is C27H32N2O3. The summed E-state index contributed by atoms with van der Waals surface area (Å²) in [6.45, 7) is 1.61. The number of hydrogen-bond acceptors (Lipinski definition) is 3. The Kier molecular flexibility index (Phi) is 7.05. The maximum absolute atomic E-state index is 13.5. The Morgan fingerprint density at radius 1 is 0.969 bits per heavy atom. The molecule has 4 rings (SSSR count). The Morgan fingerprint density at radius 2 is 1.66 bits per heavy atom. The van der Waals surface area contributed by atoms with Gasteiger partial charge in [-0.3, -0.25) is 9.59 Å². The molecule has 1 fully saturated rings. The van der Waals surface area contributed by atoms with E-state index in [9.17, 15) is 9.59 Å². The van der Waals surface area contributed by atoms with Crippen molar-refractivity contribution in [3.05, 3.63) is 90.0 Å². The number of carbonyl (C=O) groups is 2. The zero-order chi connectivity index (χ0) is 22.2. The molecule has 2 amide bonds. The van der Waals surface area contributed by atoms with E-state index in [0.717, 1.165) is 24.0 Å². The van der Waals surface area contributed by atoms with E-state index >= 15 is 0 Å². The first-order valence-corrected chi connectivity index (χ1v) is 11.3. The van der Waals surface area contributed by atoms with Crippen LogP contribution in [0.2, 0.25) is 0 Å². The van der Waals surface area contributed by atoms with Gasteiger partial charge in [-0.15, -0.1) is 0 Å². The van der Waals surface area contributed by atoms with Crippen molar-refractivity contribution in [1.82, 2.24) is 10.2 Å². The van der Waals surface area contributed by atoms with Crippen molar-refractivity contribution in [3.63, 3.8) is 0 Å². The largest absolute Gasteiger partial charge is 0.484 e. The molecule has 0 saturated carbocycles. The van der Waals surface area contributed by atoms with Crippen molar-refractivity contribution >= 4 is 11.8 Å². The third-order valence-corrected chi connectivity index (χ3v) is 6.36. The van der Waals surface area contributed by atoms with Gasteiger partial charge >= 0.3 is 0 Å². The lowest BCUT2D eigenvalue weighted by molar-refractivity contribution is -0.138. The zero-order valence-corrected chi connectivity index (χ0v) is 18.3. The first-order chi connectivity index (χ1) is 15.7. The standard InChI is InChI=1S/C27H30N2O3.H2/c30-25(21-32-24-14-8-3-9-15-24)29-18-16-27(17-19-29,23-12-6-2-7-13-23)26(31)28-20-22-10-4-1-5-11-22;/h2-4,6-15H,1,5,16-21H2,(H,28,31);1H. The fourth-order valence-corrected chi connectivity index (χ4v) is 4.45. The summed E-state index contributed by atoms with van der Waals surface area (Å²) in [6.07, 6.45) is 9.69. The van der Waals surface area contributed by atoms with Crippen LogP contribution in [0.5, 0.6) is 5.75 Å². The lowest BCUT2D eigenvalue weighted by atomic mass is 9.72. The van der Waals surface area contributed by atoms with E-state index in [4.69, 9.17) is 4.74 Å². The van der Waals surface area contributed by atoms with Crippen LogP contribution in [0, 0.1) is 0 Å². The van der Waals surface area contributed by atoms with Crippen molar-refractivity contribution in [3.8, 4) is 5.75 Å². The van der Waals surface area contributed by atoms with Crippen LogP contribution in [0.25, 0.3) is 0 Å². The predicted octanol–water partition coefficient (Wildman–Crippen LogP) is 4.26. The molecule has 168 valence electrons. The molecule has 0 unspecified atom stereocenters. The molecular weight excluding hydrogens is 400 g/mol. The number of allylic oxidation sites excluding steroid dienone is 2. The number of nitrogens with one attached hydrogen (secondary N) is 1. The van der Waals surface area contributed by atoms with E-state index in [2.05, 4.69) is 23.5 Å². The fourth-order valence-electron chi connectivity index (χ4n) is 4.45. The Balaban J connectivity index is 0.00000306. The van der Waals surface area contributed by atoms with Gasteiger partial charge in [0.05, 0.1) is 5.41 Å². The smallest absolute Gasteiger partial charge is 0.260 e. The number of nitrogens with zero attached hydrogens (tertiary/aromatic N) is 1. The van der Waals surface area contributed by atoms with E-state index < -0.39 is 5.41 Å². The average Bonchev–Trinajstić information content (AvgIpc) is 2.87. The summed E-state index contributed by atoms with van der Waals surface area (Å²) in [5.41, 5.74) is 1.54. The topological polar surface area (TPSA) is 58.6 Å². The van der Waals surface area contributed by atoms with Gasteiger partial charge in [0.25, 0.3) is 5.91 Å². The first-order valence-electron chi connectivity index (χ1n) is 11.3. The molecule has 1 heterocycles. The summed E-state index contributed by atoms with van der Waals surface area (Å²) in [5, 5.41) is 3.17. The molecule has 0 aromatic heterocycles. The Bertz CT molecular complexity index is 981. The van der Waals surface area contributed by atoms with Gasteiger partial charge in [0.1, 0.15) is 5.75 Å².